The van der Waals surface area contributed by atoms with Gasteiger partial charge in [0.25, 0.3) is 0 Å². The Hall–Kier alpha value is -0.520. The highest BCUT2D eigenvalue weighted by atomic mass is 32.2. The zero-order chi connectivity index (χ0) is 9.90. The van der Waals surface area contributed by atoms with Crippen molar-refractivity contribution < 1.29 is 4.79 Å². The fourth-order valence-corrected chi connectivity index (χ4v) is 2.46. The maximum Gasteiger partial charge on any atom is 0.238 e. The van der Waals surface area contributed by atoms with E-state index in [1.54, 1.807) is 30.0 Å². The summed E-state index contributed by atoms with van der Waals surface area (Å²) in [6.45, 7) is 1.65. The Morgan fingerprint density at radius 2 is 2.46 bits per heavy atom. The molecule has 0 aliphatic carbocycles. The molecule has 1 aromatic heterocycles. The van der Waals surface area contributed by atoms with Crippen LogP contribution in [-0.4, -0.2) is 17.2 Å². The predicted molar refractivity (Wildman–Crippen MR) is 56.8 cm³/mol. The van der Waals surface area contributed by atoms with Crippen LogP contribution in [0.15, 0.2) is 21.7 Å². The first kappa shape index (κ1) is 10.6. The first-order valence-corrected chi connectivity index (χ1v) is 5.64. The highest BCUT2D eigenvalue weighted by Crippen LogP contribution is 2.25. The number of hydrogen-bond acceptors (Lipinski definition) is 4. The minimum Gasteiger partial charge on any atom is -0.368 e. The van der Waals surface area contributed by atoms with Crippen LogP contribution in [0.25, 0.3) is 0 Å². The number of amides is 1. The van der Waals surface area contributed by atoms with Gasteiger partial charge >= 0.3 is 0 Å². The van der Waals surface area contributed by atoms with Gasteiger partial charge in [-0.2, -0.15) is 0 Å². The van der Waals surface area contributed by atoms with E-state index in [1.165, 1.54) is 0 Å². The van der Waals surface area contributed by atoms with Gasteiger partial charge in [-0.1, -0.05) is 6.07 Å². The monoisotopic (exact) mass is 216 g/mol. The maximum atomic E-state index is 10.9. The fourth-order valence-electron chi connectivity index (χ4n) is 0.638. The maximum absolute atomic E-state index is 10.9. The zero-order valence-corrected chi connectivity index (χ0v) is 8.95. The molecule has 1 amide bonds. The molecule has 0 fully saturated rings. The lowest BCUT2D eigenvalue weighted by Gasteiger charge is -2.18. The number of carbonyl (C=O) groups is 1. The number of primary amides is 1. The van der Waals surface area contributed by atoms with Crippen LogP contribution in [0.3, 0.4) is 0 Å². The lowest BCUT2D eigenvalue weighted by molar-refractivity contribution is -0.121. The zero-order valence-electron chi connectivity index (χ0n) is 7.32. The molecule has 1 rings (SSSR count). The number of rotatable bonds is 4. The van der Waals surface area contributed by atoms with Crippen molar-refractivity contribution in [2.45, 2.75) is 16.7 Å². The number of thiophene rings is 1. The molecule has 0 bridgehead atoms. The van der Waals surface area contributed by atoms with Crippen LogP contribution in [-0.2, 0) is 4.79 Å². The summed E-state index contributed by atoms with van der Waals surface area (Å²) in [7, 11) is 0. The molecule has 0 radical (unpaired) electrons. The number of thioether (sulfide) groups is 1. The normalized spacial score (nSPS) is 15.2. The topological polar surface area (TPSA) is 69.1 Å². The van der Waals surface area contributed by atoms with Gasteiger partial charge in [0.05, 0.1) is 4.21 Å². The Balaban J connectivity index is 2.47. The van der Waals surface area contributed by atoms with Crippen molar-refractivity contribution in [3.05, 3.63) is 17.5 Å². The van der Waals surface area contributed by atoms with Gasteiger partial charge in [-0.15, -0.1) is 23.1 Å². The molecule has 1 aromatic rings. The van der Waals surface area contributed by atoms with Crippen molar-refractivity contribution in [2.24, 2.45) is 11.5 Å². The second-order valence-electron chi connectivity index (χ2n) is 3.00. The van der Waals surface area contributed by atoms with Crippen molar-refractivity contribution in [1.82, 2.24) is 0 Å². The Bertz CT molecular complexity index is 282. The summed E-state index contributed by atoms with van der Waals surface area (Å²) in [5.74, 6) is 0.0552. The van der Waals surface area contributed by atoms with E-state index in [4.69, 9.17) is 11.5 Å². The first-order valence-electron chi connectivity index (χ1n) is 3.77. The van der Waals surface area contributed by atoms with Crippen LogP contribution in [0.5, 0.6) is 0 Å². The van der Waals surface area contributed by atoms with E-state index in [2.05, 4.69) is 0 Å². The molecule has 13 heavy (non-hydrogen) atoms. The second-order valence-corrected chi connectivity index (χ2v) is 5.23. The minimum atomic E-state index is -0.922. The average molecular weight is 216 g/mol. The van der Waals surface area contributed by atoms with Crippen molar-refractivity contribution >= 4 is 29.0 Å². The van der Waals surface area contributed by atoms with Crippen molar-refractivity contribution in [3.63, 3.8) is 0 Å². The molecule has 0 saturated heterocycles. The molecule has 1 heterocycles. The van der Waals surface area contributed by atoms with Gasteiger partial charge in [0.15, 0.2) is 0 Å². The molecule has 0 aliphatic rings. The summed E-state index contributed by atoms with van der Waals surface area (Å²) in [5.41, 5.74) is 9.90. The summed E-state index contributed by atoms with van der Waals surface area (Å²) in [4.78, 5) is 10.9. The molecular weight excluding hydrogens is 204 g/mol. The molecule has 1 atom stereocenters. The number of hydrogen-bond donors (Lipinski definition) is 2. The minimum absolute atomic E-state index is 0.462. The van der Waals surface area contributed by atoms with Gasteiger partial charge in [0.1, 0.15) is 5.54 Å². The third-order valence-electron chi connectivity index (χ3n) is 1.57. The molecule has 0 spiro atoms. The van der Waals surface area contributed by atoms with E-state index in [-0.39, 0.29) is 0 Å². The van der Waals surface area contributed by atoms with Gasteiger partial charge in [-0.25, -0.2) is 0 Å². The summed E-state index contributed by atoms with van der Waals surface area (Å²) >= 11 is 3.19. The van der Waals surface area contributed by atoms with Gasteiger partial charge in [0.2, 0.25) is 5.91 Å². The van der Waals surface area contributed by atoms with Crippen LogP contribution in [0, 0.1) is 0 Å². The SMILES string of the molecule is CC(N)(CSc1cccs1)C(N)=O. The molecule has 1 unspecified atom stereocenters. The first-order chi connectivity index (χ1) is 6.02. The van der Waals surface area contributed by atoms with E-state index in [0.29, 0.717) is 5.75 Å². The molecule has 0 aliphatic heterocycles. The van der Waals surface area contributed by atoms with E-state index in [9.17, 15) is 4.79 Å². The van der Waals surface area contributed by atoms with Crippen molar-refractivity contribution in [3.8, 4) is 0 Å². The Morgan fingerprint density at radius 3 is 2.92 bits per heavy atom. The third-order valence-corrected chi connectivity index (χ3v) is 4.04. The average Bonchev–Trinajstić information content (AvgIpc) is 2.52. The van der Waals surface area contributed by atoms with Crippen LogP contribution < -0.4 is 11.5 Å². The van der Waals surface area contributed by atoms with Gasteiger partial charge in [-0.05, 0) is 18.4 Å². The van der Waals surface area contributed by atoms with Crippen molar-refractivity contribution in [2.75, 3.05) is 5.75 Å². The van der Waals surface area contributed by atoms with Crippen molar-refractivity contribution in [1.29, 1.82) is 0 Å². The summed E-state index contributed by atoms with van der Waals surface area (Å²) < 4.78 is 1.15. The van der Waals surface area contributed by atoms with E-state index >= 15 is 0 Å². The predicted octanol–water partition coefficient (Wildman–Crippen LogP) is 1.04. The molecule has 5 heteroatoms. The molecule has 3 nitrogen and oxygen atoms in total. The van der Waals surface area contributed by atoms with Crippen LogP contribution in [0.4, 0.5) is 0 Å². The van der Waals surface area contributed by atoms with Gasteiger partial charge in [0, 0.05) is 5.75 Å². The quantitative estimate of drug-likeness (QED) is 0.739. The van der Waals surface area contributed by atoms with Gasteiger partial charge in [-0.3, -0.25) is 4.79 Å². The molecular formula is C8H12N2OS2. The molecule has 0 saturated carbocycles. The number of carbonyl (C=O) groups excluding carboxylic acids is 1. The molecule has 0 aromatic carbocycles. The van der Waals surface area contributed by atoms with Gasteiger partial charge < -0.3 is 11.5 Å². The lowest BCUT2D eigenvalue weighted by atomic mass is 10.1. The smallest absolute Gasteiger partial charge is 0.238 e. The Kier molecular flexibility index (Phi) is 3.35. The standard InChI is InChI=1S/C8H12N2OS2/c1-8(10,7(9)11)5-13-6-3-2-4-12-6/h2-4H,5,10H2,1H3,(H2,9,11). The van der Waals surface area contributed by atoms with Crippen LogP contribution in [0.1, 0.15) is 6.92 Å². The van der Waals surface area contributed by atoms with Crippen LogP contribution >= 0.6 is 23.1 Å². The number of nitrogens with two attached hydrogens (primary N) is 2. The van der Waals surface area contributed by atoms with Crippen LogP contribution in [0.2, 0.25) is 0 Å². The Labute approximate surface area is 85.5 Å². The van der Waals surface area contributed by atoms with E-state index < -0.39 is 11.4 Å². The molecule has 4 N–H and O–H groups in total. The molecule has 72 valence electrons. The Morgan fingerprint density at radius 1 is 1.77 bits per heavy atom. The largest absolute Gasteiger partial charge is 0.368 e. The van der Waals surface area contributed by atoms with E-state index in [1.807, 2.05) is 17.5 Å². The van der Waals surface area contributed by atoms with E-state index in [0.717, 1.165) is 4.21 Å². The fraction of sp³-hybridized carbons (Fsp3) is 0.375. The second kappa shape index (κ2) is 4.13. The summed E-state index contributed by atoms with van der Waals surface area (Å²) in [6.07, 6.45) is 0. The lowest BCUT2D eigenvalue weighted by Crippen LogP contribution is -2.51. The summed E-state index contributed by atoms with van der Waals surface area (Å²) in [6, 6.07) is 3.96. The summed E-state index contributed by atoms with van der Waals surface area (Å²) in [5, 5.41) is 1.99. The highest BCUT2D eigenvalue weighted by Gasteiger charge is 2.25. The highest BCUT2D eigenvalue weighted by molar-refractivity contribution is 8.01. The third kappa shape index (κ3) is 3.02.